The molecule has 0 saturated heterocycles. The van der Waals surface area contributed by atoms with Gasteiger partial charge in [0.15, 0.2) is 0 Å². The molecule has 0 radical (unpaired) electrons. The molecule has 0 aromatic heterocycles. The van der Waals surface area contributed by atoms with Crippen LogP contribution in [0, 0.1) is 0 Å². The average Bonchev–Trinajstić information content (AvgIpc) is 2.60. The van der Waals surface area contributed by atoms with Gasteiger partial charge >= 0.3 is 5.97 Å². The third-order valence-corrected chi connectivity index (χ3v) is 3.04. The Hall–Kier alpha value is -2.17. The first-order valence-electron chi connectivity index (χ1n) is 5.71. The fraction of sp³-hybridized carbons (Fsp3) is 0.308. The van der Waals surface area contributed by atoms with Crippen molar-refractivity contribution in [2.75, 3.05) is 0 Å². The molecule has 2 rings (SSSR count). The monoisotopic (exact) mass is 247 g/mol. The molecule has 1 aliphatic rings. The quantitative estimate of drug-likeness (QED) is 0.819. The van der Waals surface area contributed by atoms with Gasteiger partial charge in [-0.3, -0.25) is 19.3 Å². The lowest BCUT2D eigenvalue weighted by molar-refractivity contribution is -0.137. The van der Waals surface area contributed by atoms with Crippen LogP contribution in [0.4, 0.5) is 0 Å². The van der Waals surface area contributed by atoms with Gasteiger partial charge in [0, 0.05) is 12.5 Å². The normalized spacial score (nSPS) is 15.7. The summed E-state index contributed by atoms with van der Waals surface area (Å²) in [5.74, 6) is -1.61. The Bertz CT molecular complexity index is 488. The second-order valence-electron chi connectivity index (χ2n) is 4.31. The summed E-state index contributed by atoms with van der Waals surface area (Å²) in [6, 6.07) is 6.22. The van der Waals surface area contributed by atoms with Crippen LogP contribution in [0.2, 0.25) is 0 Å². The molecule has 0 fully saturated rings. The molecule has 1 N–H and O–H groups in total. The molecule has 94 valence electrons. The molecule has 0 bridgehead atoms. The minimum absolute atomic E-state index is 0.0609. The zero-order valence-electron chi connectivity index (χ0n) is 9.92. The number of carbonyl (C=O) groups excluding carboxylic acids is 2. The van der Waals surface area contributed by atoms with Crippen molar-refractivity contribution in [3.63, 3.8) is 0 Å². The molecule has 1 atom stereocenters. The summed E-state index contributed by atoms with van der Waals surface area (Å²) in [4.78, 5) is 35.8. The van der Waals surface area contributed by atoms with Crippen LogP contribution in [0.5, 0.6) is 0 Å². The number of hydrogen-bond acceptors (Lipinski definition) is 3. The second kappa shape index (κ2) is 4.60. The van der Waals surface area contributed by atoms with E-state index in [-0.39, 0.29) is 24.7 Å². The molecule has 1 heterocycles. The number of carboxylic acids is 1. The molecular formula is C13H13NO4. The van der Waals surface area contributed by atoms with E-state index in [4.69, 9.17) is 5.11 Å². The molecule has 2 amide bonds. The van der Waals surface area contributed by atoms with E-state index in [1.807, 2.05) is 0 Å². The standard InChI is InChI=1S/C13H13NO4/c1-8(6-7-11(15)16)14-12(17)9-4-2-3-5-10(9)13(14)18/h2-5,8H,6-7H2,1H3,(H,15,16). The molecule has 1 unspecified atom stereocenters. The summed E-state index contributed by atoms with van der Waals surface area (Å²) in [7, 11) is 0. The molecule has 0 aliphatic carbocycles. The maximum atomic E-state index is 12.1. The maximum Gasteiger partial charge on any atom is 0.303 e. The highest BCUT2D eigenvalue weighted by atomic mass is 16.4. The van der Waals surface area contributed by atoms with Crippen LogP contribution in [-0.2, 0) is 4.79 Å². The Kier molecular flexibility index (Phi) is 3.14. The van der Waals surface area contributed by atoms with Crippen LogP contribution in [0.25, 0.3) is 0 Å². The van der Waals surface area contributed by atoms with Crippen molar-refractivity contribution in [2.24, 2.45) is 0 Å². The Labute approximate surface area is 104 Å². The number of aliphatic carboxylic acids is 1. The van der Waals surface area contributed by atoms with Gasteiger partial charge in [-0.15, -0.1) is 0 Å². The summed E-state index contributed by atoms with van der Waals surface area (Å²) >= 11 is 0. The number of carboxylic acid groups (broad SMARTS) is 1. The van der Waals surface area contributed by atoms with Gasteiger partial charge in [-0.25, -0.2) is 0 Å². The Morgan fingerprint density at radius 2 is 1.72 bits per heavy atom. The largest absolute Gasteiger partial charge is 0.481 e. The molecule has 1 aromatic rings. The van der Waals surface area contributed by atoms with Crippen LogP contribution >= 0.6 is 0 Å². The van der Waals surface area contributed by atoms with Gasteiger partial charge < -0.3 is 5.11 Å². The first-order chi connectivity index (χ1) is 8.52. The number of imide groups is 1. The lowest BCUT2D eigenvalue weighted by Gasteiger charge is -2.21. The van der Waals surface area contributed by atoms with E-state index in [1.165, 1.54) is 0 Å². The smallest absolute Gasteiger partial charge is 0.303 e. The van der Waals surface area contributed by atoms with Crippen molar-refractivity contribution in [1.82, 2.24) is 4.90 Å². The van der Waals surface area contributed by atoms with E-state index in [2.05, 4.69) is 0 Å². The van der Waals surface area contributed by atoms with E-state index in [1.54, 1.807) is 31.2 Å². The predicted molar refractivity (Wildman–Crippen MR) is 63.3 cm³/mol. The zero-order chi connectivity index (χ0) is 13.3. The maximum absolute atomic E-state index is 12.1. The van der Waals surface area contributed by atoms with E-state index in [9.17, 15) is 14.4 Å². The van der Waals surface area contributed by atoms with Gasteiger partial charge in [0.1, 0.15) is 0 Å². The first kappa shape index (κ1) is 12.3. The number of benzene rings is 1. The third kappa shape index (κ3) is 1.99. The molecular weight excluding hydrogens is 234 g/mol. The number of fused-ring (bicyclic) bond motifs is 1. The van der Waals surface area contributed by atoms with Crippen LogP contribution < -0.4 is 0 Å². The lowest BCUT2D eigenvalue weighted by atomic mass is 10.1. The molecule has 0 saturated carbocycles. The number of carbonyl (C=O) groups is 3. The van der Waals surface area contributed by atoms with E-state index in [0.29, 0.717) is 11.1 Å². The van der Waals surface area contributed by atoms with E-state index >= 15 is 0 Å². The number of amides is 2. The molecule has 1 aromatic carbocycles. The average molecular weight is 247 g/mol. The van der Waals surface area contributed by atoms with Crippen molar-refractivity contribution < 1.29 is 19.5 Å². The highest BCUT2D eigenvalue weighted by Gasteiger charge is 2.37. The summed E-state index contributed by atoms with van der Waals surface area (Å²) < 4.78 is 0. The fourth-order valence-electron chi connectivity index (χ4n) is 2.07. The fourth-order valence-corrected chi connectivity index (χ4v) is 2.07. The summed E-state index contributed by atoms with van der Waals surface area (Å²) in [6.07, 6.45) is 0.204. The van der Waals surface area contributed by atoms with Crippen LogP contribution in [0.15, 0.2) is 24.3 Å². The predicted octanol–water partition coefficient (Wildman–Crippen LogP) is 1.54. The first-order valence-corrected chi connectivity index (χ1v) is 5.71. The summed E-state index contributed by atoms with van der Waals surface area (Å²) in [5.41, 5.74) is 0.786. The van der Waals surface area contributed by atoms with Gasteiger partial charge in [0.2, 0.25) is 0 Å². The SMILES string of the molecule is CC(CCC(=O)O)N1C(=O)c2ccccc2C1=O. The Morgan fingerprint density at radius 3 is 2.17 bits per heavy atom. The van der Waals surface area contributed by atoms with Crippen LogP contribution in [0.3, 0.4) is 0 Å². The van der Waals surface area contributed by atoms with Crippen molar-refractivity contribution in [3.8, 4) is 0 Å². The number of nitrogens with zero attached hydrogens (tertiary/aromatic N) is 1. The molecule has 0 spiro atoms. The summed E-state index contributed by atoms with van der Waals surface area (Å²) in [6.45, 7) is 1.69. The number of rotatable bonds is 4. The van der Waals surface area contributed by atoms with Gasteiger partial charge in [-0.05, 0) is 25.5 Å². The van der Waals surface area contributed by atoms with Crippen LogP contribution in [0.1, 0.15) is 40.5 Å². The second-order valence-corrected chi connectivity index (χ2v) is 4.31. The topological polar surface area (TPSA) is 74.7 Å². The van der Waals surface area contributed by atoms with E-state index in [0.717, 1.165) is 4.90 Å². The Morgan fingerprint density at radius 1 is 1.22 bits per heavy atom. The van der Waals surface area contributed by atoms with E-state index < -0.39 is 12.0 Å². The number of hydrogen-bond donors (Lipinski definition) is 1. The highest BCUT2D eigenvalue weighted by Crippen LogP contribution is 2.25. The van der Waals surface area contributed by atoms with Crippen molar-refractivity contribution in [1.29, 1.82) is 0 Å². The minimum atomic E-state index is -0.932. The molecule has 5 heteroatoms. The van der Waals surface area contributed by atoms with Gasteiger partial charge in [-0.1, -0.05) is 12.1 Å². The molecule has 18 heavy (non-hydrogen) atoms. The third-order valence-electron chi connectivity index (χ3n) is 3.04. The zero-order valence-corrected chi connectivity index (χ0v) is 9.92. The van der Waals surface area contributed by atoms with Crippen molar-refractivity contribution in [2.45, 2.75) is 25.8 Å². The minimum Gasteiger partial charge on any atom is -0.481 e. The van der Waals surface area contributed by atoms with Crippen LogP contribution in [-0.4, -0.2) is 33.8 Å². The summed E-state index contributed by atoms with van der Waals surface area (Å²) in [5, 5.41) is 8.62. The van der Waals surface area contributed by atoms with Gasteiger partial charge in [-0.2, -0.15) is 0 Å². The molecule has 1 aliphatic heterocycles. The van der Waals surface area contributed by atoms with Gasteiger partial charge in [0.05, 0.1) is 11.1 Å². The lowest BCUT2D eigenvalue weighted by Crippen LogP contribution is -2.38. The van der Waals surface area contributed by atoms with Crippen molar-refractivity contribution in [3.05, 3.63) is 35.4 Å². The van der Waals surface area contributed by atoms with Crippen molar-refractivity contribution >= 4 is 17.8 Å². The molecule has 5 nitrogen and oxygen atoms in total. The Balaban J connectivity index is 2.20. The highest BCUT2D eigenvalue weighted by molar-refractivity contribution is 6.21. The van der Waals surface area contributed by atoms with Gasteiger partial charge in [0.25, 0.3) is 11.8 Å².